The van der Waals surface area contributed by atoms with E-state index in [1.54, 1.807) is 0 Å². The quantitative estimate of drug-likeness (QED) is 0.675. The summed E-state index contributed by atoms with van der Waals surface area (Å²) in [6.45, 7) is 6.82. The summed E-state index contributed by atoms with van der Waals surface area (Å²) in [5.74, 6) is 0.751. The molecule has 0 heterocycles. The van der Waals surface area contributed by atoms with Gasteiger partial charge < -0.3 is 0 Å². The molecule has 0 nitrogen and oxygen atoms in total. The third kappa shape index (κ3) is 4.10. The highest BCUT2D eigenvalue weighted by Gasteiger charge is 2.07. The fraction of sp³-hybridized carbons (Fsp3) is 0.455. The first kappa shape index (κ1) is 11.0. The summed E-state index contributed by atoms with van der Waals surface area (Å²) in [6, 6.07) is 10.5. The van der Waals surface area contributed by atoms with E-state index in [1.165, 1.54) is 4.90 Å². The van der Waals surface area contributed by atoms with Gasteiger partial charge in [0.2, 0.25) is 0 Å². The van der Waals surface area contributed by atoms with Crippen LogP contribution in [-0.4, -0.2) is 5.25 Å². The van der Waals surface area contributed by atoms with Crippen LogP contribution in [0.5, 0.6) is 0 Å². The van der Waals surface area contributed by atoms with Crippen molar-refractivity contribution in [1.29, 1.82) is 0 Å². The van der Waals surface area contributed by atoms with Crippen LogP contribution < -0.4 is 0 Å². The van der Waals surface area contributed by atoms with Crippen molar-refractivity contribution < 1.29 is 0 Å². The van der Waals surface area contributed by atoms with E-state index in [0.717, 1.165) is 5.92 Å². The largest absolute Gasteiger partial charge is 0.0855 e. The number of hydrogen-bond acceptors (Lipinski definition) is 2. The highest BCUT2D eigenvalue weighted by atomic mass is 33.1. The first-order valence-electron chi connectivity index (χ1n) is 4.58. The Morgan fingerprint density at radius 3 is 2.15 bits per heavy atom. The van der Waals surface area contributed by atoms with Gasteiger partial charge in [0.25, 0.3) is 0 Å². The molecule has 0 spiro atoms. The highest BCUT2D eigenvalue weighted by molar-refractivity contribution is 8.76. The second-order valence-corrected chi connectivity index (χ2v) is 6.09. The zero-order valence-corrected chi connectivity index (χ0v) is 9.99. The van der Waals surface area contributed by atoms with Gasteiger partial charge in [-0.1, -0.05) is 60.6 Å². The molecule has 13 heavy (non-hydrogen) atoms. The molecular weight excluding hydrogens is 196 g/mol. The molecule has 0 aliphatic heterocycles. The summed E-state index contributed by atoms with van der Waals surface area (Å²) in [7, 11) is 3.83. The molecule has 0 radical (unpaired) electrons. The summed E-state index contributed by atoms with van der Waals surface area (Å²) in [5, 5.41) is 0.713. The molecule has 0 unspecified atom stereocenters. The van der Waals surface area contributed by atoms with Gasteiger partial charge in [0.05, 0.1) is 0 Å². The van der Waals surface area contributed by atoms with Gasteiger partial charge in [-0.3, -0.25) is 0 Å². The summed E-state index contributed by atoms with van der Waals surface area (Å²) < 4.78 is 0. The fourth-order valence-corrected chi connectivity index (χ4v) is 3.26. The second-order valence-electron chi connectivity index (χ2n) is 3.44. The molecule has 0 fully saturated rings. The fourth-order valence-electron chi connectivity index (χ4n) is 0.719. The molecule has 1 rings (SSSR count). The van der Waals surface area contributed by atoms with Crippen LogP contribution in [0.3, 0.4) is 0 Å². The van der Waals surface area contributed by atoms with Gasteiger partial charge >= 0.3 is 0 Å². The third-order valence-corrected chi connectivity index (χ3v) is 5.16. The molecule has 0 aromatic heterocycles. The van der Waals surface area contributed by atoms with Crippen LogP contribution in [-0.2, 0) is 0 Å². The smallest absolute Gasteiger partial charge is 0.0182 e. The van der Waals surface area contributed by atoms with Gasteiger partial charge in [0, 0.05) is 10.1 Å². The molecule has 72 valence electrons. The van der Waals surface area contributed by atoms with Crippen molar-refractivity contribution in [2.75, 3.05) is 0 Å². The summed E-state index contributed by atoms with van der Waals surface area (Å²) in [4.78, 5) is 1.35. The minimum atomic E-state index is 0.713. The van der Waals surface area contributed by atoms with Gasteiger partial charge in [-0.2, -0.15) is 0 Å². The van der Waals surface area contributed by atoms with Gasteiger partial charge in [-0.25, -0.2) is 0 Å². The van der Waals surface area contributed by atoms with Gasteiger partial charge in [0.1, 0.15) is 0 Å². The minimum Gasteiger partial charge on any atom is -0.0855 e. The minimum absolute atomic E-state index is 0.713. The van der Waals surface area contributed by atoms with Crippen molar-refractivity contribution in [3.63, 3.8) is 0 Å². The average Bonchev–Trinajstić information content (AvgIpc) is 2.15. The van der Waals surface area contributed by atoms with E-state index < -0.39 is 0 Å². The summed E-state index contributed by atoms with van der Waals surface area (Å²) in [6.07, 6.45) is 0. The zero-order valence-electron chi connectivity index (χ0n) is 8.36. The molecule has 1 aromatic rings. The van der Waals surface area contributed by atoms with Crippen LogP contribution in [0.4, 0.5) is 0 Å². The molecule has 0 aliphatic carbocycles. The lowest BCUT2D eigenvalue weighted by molar-refractivity contribution is 0.645. The maximum absolute atomic E-state index is 2.28. The maximum Gasteiger partial charge on any atom is 0.0182 e. The molecule has 0 aliphatic rings. The second kappa shape index (κ2) is 5.61. The molecular formula is C11H16S2. The van der Waals surface area contributed by atoms with Crippen molar-refractivity contribution in [3.05, 3.63) is 30.3 Å². The van der Waals surface area contributed by atoms with Gasteiger partial charge in [0.15, 0.2) is 0 Å². The predicted molar refractivity (Wildman–Crippen MR) is 64.2 cm³/mol. The predicted octanol–water partition coefficient (Wildman–Crippen LogP) is 4.47. The Morgan fingerprint density at radius 2 is 1.62 bits per heavy atom. The van der Waals surface area contributed by atoms with Crippen molar-refractivity contribution in [3.8, 4) is 0 Å². The molecule has 1 aromatic carbocycles. The van der Waals surface area contributed by atoms with E-state index in [9.17, 15) is 0 Å². The van der Waals surface area contributed by atoms with Crippen LogP contribution in [0, 0.1) is 5.92 Å². The van der Waals surface area contributed by atoms with E-state index in [-0.39, 0.29) is 0 Å². The third-order valence-electron chi connectivity index (χ3n) is 1.98. The van der Waals surface area contributed by atoms with Gasteiger partial charge in [-0.15, -0.1) is 0 Å². The molecule has 2 heteroatoms. The highest BCUT2D eigenvalue weighted by Crippen LogP contribution is 2.36. The van der Waals surface area contributed by atoms with E-state index in [0.29, 0.717) is 5.25 Å². The van der Waals surface area contributed by atoms with Crippen LogP contribution >= 0.6 is 21.6 Å². The van der Waals surface area contributed by atoms with Crippen LogP contribution in [0.25, 0.3) is 0 Å². The lowest BCUT2D eigenvalue weighted by Crippen LogP contribution is -2.03. The Bertz CT molecular complexity index is 231. The Morgan fingerprint density at radius 1 is 1.00 bits per heavy atom. The monoisotopic (exact) mass is 212 g/mol. The number of rotatable bonds is 4. The molecule has 0 saturated heterocycles. The maximum atomic E-state index is 2.28. The lowest BCUT2D eigenvalue weighted by atomic mass is 10.2. The van der Waals surface area contributed by atoms with Crippen molar-refractivity contribution >= 4 is 21.6 Å². The molecule has 0 saturated carbocycles. The van der Waals surface area contributed by atoms with E-state index >= 15 is 0 Å². The van der Waals surface area contributed by atoms with E-state index in [1.807, 2.05) is 21.6 Å². The average molecular weight is 212 g/mol. The first-order valence-corrected chi connectivity index (χ1v) is 6.80. The van der Waals surface area contributed by atoms with E-state index in [4.69, 9.17) is 0 Å². The van der Waals surface area contributed by atoms with Crippen molar-refractivity contribution in [1.82, 2.24) is 0 Å². The molecule has 1 atom stereocenters. The summed E-state index contributed by atoms with van der Waals surface area (Å²) >= 11 is 0. The Hall–Kier alpha value is -0.0800. The summed E-state index contributed by atoms with van der Waals surface area (Å²) in [5.41, 5.74) is 0. The molecule has 0 amide bonds. The topological polar surface area (TPSA) is 0 Å². The van der Waals surface area contributed by atoms with Crippen LogP contribution in [0.15, 0.2) is 35.2 Å². The molecule has 0 bridgehead atoms. The van der Waals surface area contributed by atoms with Crippen molar-refractivity contribution in [2.24, 2.45) is 5.92 Å². The first-order chi connectivity index (χ1) is 6.20. The SMILES string of the molecule is CC(C)[C@@H](C)SSc1ccccc1. The zero-order chi connectivity index (χ0) is 9.68. The number of benzene rings is 1. The lowest BCUT2D eigenvalue weighted by Gasteiger charge is -2.13. The van der Waals surface area contributed by atoms with Crippen LogP contribution in [0.2, 0.25) is 0 Å². The Labute approximate surface area is 88.9 Å². The molecule has 0 N–H and O–H groups in total. The van der Waals surface area contributed by atoms with Crippen LogP contribution in [0.1, 0.15) is 20.8 Å². The number of hydrogen-bond donors (Lipinski definition) is 0. The Balaban J connectivity index is 2.35. The Kier molecular flexibility index (Phi) is 4.74. The van der Waals surface area contributed by atoms with Crippen molar-refractivity contribution in [2.45, 2.75) is 30.9 Å². The van der Waals surface area contributed by atoms with E-state index in [2.05, 4.69) is 51.1 Å². The normalized spacial score (nSPS) is 13.2. The standard InChI is InChI=1S/C11H16S2/c1-9(2)10(3)12-13-11-7-5-4-6-8-11/h4-10H,1-3H3/t10-/m1/s1. The van der Waals surface area contributed by atoms with Gasteiger partial charge in [-0.05, 0) is 18.1 Å².